The summed E-state index contributed by atoms with van der Waals surface area (Å²) in [5.74, 6) is -3.43. The fraction of sp³-hybridized carbons (Fsp3) is 0.478. The van der Waals surface area contributed by atoms with Gasteiger partial charge in [-0.1, -0.05) is 11.3 Å². The lowest BCUT2D eigenvalue weighted by molar-refractivity contribution is -0.121. The Morgan fingerprint density at radius 3 is 2.86 bits per heavy atom. The molecule has 1 N–H and O–H groups in total. The molecule has 1 aliphatic heterocycles. The number of alkyl halides is 2. The Labute approximate surface area is 199 Å². The molecule has 3 aliphatic rings. The van der Waals surface area contributed by atoms with Gasteiger partial charge in [0.05, 0.1) is 48.6 Å². The number of nitrogens with one attached hydrogen (secondary N) is 1. The van der Waals surface area contributed by atoms with Crippen LogP contribution in [0, 0.1) is 11.8 Å². The number of nitrogens with zero attached hydrogens (tertiary/aromatic N) is 7. The molecule has 4 heterocycles. The third-order valence-electron chi connectivity index (χ3n) is 7.32. The van der Waals surface area contributed by atoms with Crippen LogP contribution in [0.5, 0.6) is 0 Å². The van der Waals surface area contributed by atoms with Crippen LogP contribution in [0.25, 0.3) is 0 Å². The predicted molar refractivity (Wildman–Crippen MR) is 119 cm³/mol. The number of rotatable bonds is 7. The highest BCUT2D eigenvalue weighted by atomic mass is 19.3. The van der Waals surface area contributed by atoms with E-state index < -0.39 is 17.8 Å². The molecule has 6 rings (SSSR count). The normalized spacial score (nSPS) is 23.7. The summed E-state index contributed by atoms with van der Waals surface area (Å²) in [6, 6.07) is 3.40. The van der Waals surface area contributed by atoms with Gasteiger partial charge in [0.25, 0.3) is 5.92 Å². The number of carbonyl (C=O) groups excluding carboxylic acids is 2. The molecule has 1 amide bonds. The van der Waals surface area contributed by atoms with E-state index in [9.17, 15) is 18.4 Å². The summed E-state index contributed by atoms with van der Waals surface area (Å²) >= 11 is 0. The summed E-state index contributed by atoms with van der Waals surface area (Å²) in [6.07, 6.45) is 5.86. The van der Waals surface area contributed by atoms with E-state index >= 15 is 0 Å². The van der Waals surface area contributed by atoms with Gasteiger partial charge in [0.1, 0.15) is 11.5 Å². The first-order chi connectivity index (χ1) is 16.8. The molecule has 10 nitrogen and oxygen atoms in total. The van der Waals surface area contributed by atoms with Gasteiger partial charge >= 0.3 is 0 Å². The number of fused-ring (bicyclic) bond motifs is 2. The Bertz CT molecular complexity index is 1300. The summed E-state index contributed by atoms with van der Waals surface area (Å²) in [5, 5.41) is 11.2. The lowest BCUT2D eigenvalue weighted by atomic mass is 10.2. The summed E-state index contributed by atoms with van der Waals surface area (Å²) < 4.78 is 30.5. The minimum absolute atomic E-state index is 0.0817. The van der Waals surface area contributed by atoms with E-state index in [0.29, 0.717) is 23.4 Å². The molecule has 35 heavy (non-hydrogen) atoms. The highest BCUT2D eigenvalue weighted by Gasteiger charge is 2.71. The Kier molecular flexibility index (Phi) is 4.94. The van der Waals surface area contributed by atoms with Crippen molar-refractivity contribution in [2.24, 2.45) is 18.9 Å². The van der Waals surface area contributed by atoms with E-state index in [-0.39, 0.29) is 43.7 Å². The van der Waals surface area contributed by atoms with Crippen molar-refractivity contribution in [2.75, 3.05) is 18.0 Å². The largest absolute Gasteiger partial charge is 0.356 e. The third-order valence-corrected chi connectivity index (χ3v) is 7.32. The number of piperidine rings is 1. The molecule has 1 saturated heterocycles. The van der Waals surface area contributed by atoms with E-state index in [1.54, 1.807) is 34.2 Å². The van der Waals surface area contributed by atoms with Gasteiger partial charge in [0.2, 0.25) is 5.91 Å². The second-order valence-corrected chi connectivity index (χ2v) is 9.55. The van der Waals surface area contributed by atoms with Gasteiger partial charge in [-0.25, -0.2) is 23.4 Å². The number of anilines is 1. The van der Waals surface area contributed by atoms with Crippen LogP contribution in [-0.2, 0) is 31.2 Å². The quantitative estimate of drug-likeness (QED) is 0.506. The van der Waals surface area contributed by atoms with Crippen molar-refractivity contribution in [3.63, 3.8) is 0 Å². The minimum Gasteiger partial charge on any atom is -0.356 e. The van der Waals surface area contributed by atoms with Crippen LogP contribution in [0.15, 0.2) is 24.7 Å². The molecule has 2 aliphatic carbocycles. The molecular weight excluding hydrogens is 458 g/mol. The maximum atomic E-state index is 13.5. The summed E-state index contributed by atoms with van der Waals surface area (Å²) in [4.78, 5) is 34.8. The third kappa shape index (κ3) is 3.76. The first-order valence-corrected chi connectivity index (χ1v) is 11.6. The standard InChI is InChI=1S/C23H24F2N8O2/c1-31-12-26-22-17(3-4-19(22)31)28-21(35)6-14-8-33(30-29-14)7-13-2-5-20(27-18(13)11-34)32-9-15-16(10-32)23(15,24)25/h2,5,8,11-12,15-17H,3-4,6-7,9-10H2,1H3,(H,28,35)/t15?,16?,17-/m1/s1. The molecule has 1 saturated carbocycles. The van der Waals surface area contributed by atoms with Crippen LogP contribution >= 0.6 is 0 Å². The molecular formula is C23H24F2N8O2. The Morgan fingerprint density at radius 1 is 1.29 bits per heavy atom. The van der Waals surface area contributed by atoms with Crippen LogP contribution in [0.3, 0.4) is 0 Å². The number of amides is 1. The number of aryl methyl sites for hydroxylation is 1. The smallest absolute Gasteiger partial charge is 0.258 e. The van der Waals surface area contributed by atoms with E-state index in [1.165, 1.54) is 0 Å². The molecule has 12 heteroatoms. The lowest BCUT2D eigenvalue weighted by Crippen LogP contribution is -2.29. The number of aldehydes is 1. The van der Waals surface area contributed by atoms with Gasteiger partial charge in [-0.2, -0.15) is 0 Å². The molecule has 0 radical (unpaired) electrons. The number of imidazole rings is 1. The minimum atomic E-state index is -2.57. The number of halogens is 2. The zero-order valence-corrected chi connectivity index (χ0v) is 19.1. The van der Waals surface area contributed by atoms with Gasteiger partial charge in [-0.05, 0) is 18.9 Å². The fourth-order valence-electron chi connectivity index (χ4n) is 5.31. The molecule has 0 spiro atoms. The Hall–Kier alpha value is -3.70. The number of aromatic nitrogens is 6. The van der Waals surface area contributed by atoms with Gasteiger partial charge in [-0.3, -0.25) is 9.59 Å². The molecule has 2 fully saturated rings. The number of carbonyl (C=O) groups is 2. The van der Waals surface area contributed by atoms with Crippen LogP contribution in [-0.4, -0.2) is 60.7 Å². The van der Waals surface area contributed by atoms with Crippen LogP contribution < -0.4 is 10.2 Å². The monoisotopic (exact) mass is 482 g/mol. The zero-order valence-electron chi connectivity index (χ0n) is 19.1. The van der Waals surface area contributed by atoms with Crippen LogP contribution in [0.1, 0.15) is 45.6 Å². The van der Waals surface area contributed by atoms with E-state index in [1.807, 2.05) is 11.6 Å². The molecule has 2 unspecified atom stereocenters. The van der Waals surface area contributed by atoms with E-state index in [0.717, 1.165) is 24.2 Å². The molecule has 3 aromatic heterocycles. The summed E-state index contributed by atoms with van der Waals surface area (Å²) in [6.45, 7) is 0.748. The molecule has 0 bridgehead atoms. The van der Waals surface area contributed by atoms with Crippen LogP contribution in [0.4, 0.5) is 14.6 Å². The number of hydrogen-bond acceptors (Lipinski definition) is 7. The highest BCUT2D eigenvalue weighted by molar-refractivity contribution is 5.78. The SMILES string of the molecule is Cn1cnc2c1CC[C@H]2NC(=O)Cc1cn(Cc2ccc(N3CC4C(C3)C4(F)F)nc2C=O)nn1. The van der Waals surface area contributed by atoms with Crippen molar-refractivity contribution in [3.8, 4) is 0 Å². The van der Waals surface area contributed by atoms with E-state index in [4.69, 9.17) is 0 Å². The topological polar surface area (TPSA) is 111 Å². The van der Waals surface area contributed by atoms with E-state index in [2.05, 4.69) is 25.6 Å². The summed E-state index contributed by atoms with van der Waals surface area (Å²) in [7, 11) is 1.95. The van der Waals surface area contributed by atoms with Crippen molar-refractivity contribution in [2.45, 2.75) is 37.8 Å². The maximum absolute atomic E-state index is 13.5. The molecule has 3 atom stereocenters. The average molecular weight is 482 g/mol. The number of pyridine rings is 1. The van der Waals surface area contributed by atoms with Gasteiger partial charge < -0.3 is 14.8 Å². The second-order valence-electron chi connectivity index (χ2n) is 9.55. The first-order valence-electron chi connectivity index (χ1n) is 11.6. The van der Waals surface area contributed by atoms with Crippen LogP contribution in [0.2, 0.25) is 0 Å². The molecule has 0 aromatic carbocycles. The van der Waals surface area contributed by atoms with Gasteiger partial charge in [0, 0.05) is 37.6 Å². The van der Waals surface area contributed by atoms with Crippen molar-refractivity contribution in [1.29, 1.82) is 0 Å². The van der Waals surface area contributed by atoms with Crippen molar-refractivity contribution >= 4 is 18.0 Å². The predicted octanol–water partition coefficient (Wildman–Crippen LogP) is 1.31. The average Bonchev–Trinajstić information content (AvgIpc) is 3.46. The maximum Gasteiger partial charge on any atom is 0.258 e. The Morgan fingerprint density at radius 2 is 2.09 bits per heavy atom. The molecule has 182 valence electrons. The summed E-state index contributed by atoms with van der Waals surface area (Å²) in [5.41, 5.74) is 3.44. The lowest BCUT2D eigenvalue weighted by Gasteiger charge is -2.21. The van der Waals surface area contributed by atoms with Crippen molar-refractivity contribution < 1.29 is 18.4 Å². The second kappa shape index (κ2) is 7.92. The molecule has 3 aromatic rings. The van der Waals surface area contributed by atoms with Gasteiger partial charge in [0.15, 0.2) is 6.29 Å². The number of hydrogen-bond donors (Lipinski definition) is 1. The zero-order chi connectivity index (χ0) is 24.3. The highest BCUT2D eigenvalue weighted by Crippen LogP contribution is 2.59. The van der Waals surface area contributed by atoms with Crippen molar-refractivity contribution in [3.05, 3.63) is 53.0 Å². The van der Waals surface area contributed by atoms with Crippen molar-refractivity contribution in [1.82, 2.24) is 34.8 Å². The first kappa shape index (κ1) is 21.8. The van der Waals surface area contributed by atoms with Gasteiger partial charge in [-0.15, -0.1) is 5.10 Å². The fourth-order valence-corrected chi connectivity index (χ4v) is 5.31. The Balaban J connectivity index is 1.08.